The Morgan fingerprint density at radius 2 is 1.85 bits per heavy atom. The van der Waals surface area contributed by atoms with E-state index >= 15 is 0 Å². The number of nitrogens with zero attached hydrogens (tertiary/aromatic N) is 2. The molecule has 27 heavy (non-hydrogen) atoms. The molecular formula is C20H29N3O4. The third-order valence-electron chi connectivity index (χ3n) is 5.49. The van der Waals surface area contributed by atoms with Gasteiger partial charge >= 0.3 is 0 Å². The molecule has 0 aliphatic carbocycles. The van der Waals surface area contributed by atoms with Crippen molar-refractivity contribution in [3.63, 3.8) is 0 Å². The summed E-state index contributed by atoms with van der Waals surface area (Å²) >= 11 is 0. The zero-order valence-corrected chi connectivity index (χ0v) is 16.2. The highest BCUT2D eigenvalue weighted by Gasteiger charge is 2.27. The van der Waals surface area contributed by atoms with Gasteiger partial charge in [-0.25, -0.2) is 0 Å². The fourth-order valence-electron chi connectivity index (χ4n) is 3.75. The SMILES string of the molecule is COc1ccc(C(=O)N2CCN(C(=O)CCC3CCNC3)CC2)c(OC)c1. The van der Waals surface area contributed by atoms with Gasteiger partial charge in [0.05, 0.1) is 19.8 Å². The number of carbonyl (C=O) groups excluding carboxylic acids is 2. The topological polar surface area (TPSA) is 71.1 Å². The van der Waals surface area contributed by atoms with E-state index in [1.54, 1.807) is 37.3 Å². The zero-order chi connectivity index (χ0) is 19.2. The summed E-state index contributed by atoms with van der Waals surface area (Å²) in [5.41, 5.74) is 0.520. The molecule has 2 heterocycles. The Morgan fingerprint density at radius 3 is 2.48 bits per heavy atom. The Labute approximate surface area is 160 Å². The quantitative estimate of drug-likeness (QED) is 0.813. The molecular weight excluding hydrogens is 346 g/mol. The standard InChI is InChI=1S/C20H29N3O4/c1-26-16-4-5-17(18(13-16)27-2)20(25)23-11-9-22(10-12-23)19(24)6-3-15-7-8-21-14-15/h4-5,13,15,21H,3,6-12,14H2,1-2H3. The molecule has 2 fully saturated rings. The highest BCUT2D eigenvalue weighted by molar-refractivity contribution is 5.97. The van der Waals surface area contributed by atoms with Gasteiger partial charge in [-0.15, -0.1) is 0 Å². The molecule has 1 aromatic carbocycles. The van der Waals surface area contributed by atoms with Crippen molar-refractivity contribution in [2.24, 2.45) is 5.92 Å². The fraction of sp³-hybridized carbons (Fsp3) is 0.600. The average molecular weight is 375 g/mol. The van der Waals surface area contributed by atoms with Crippen molar-refractivity contribution >= 4 is 11.8 Å². The number of piperazine rings is 1. The molecule has 3 rings (SSSR count). The lowest BCUT2D eigenvalue weighted by Crippen LogP contribution is -2.50. The van der Waals surface area contributed by atoms with E-state index in [9.17, 15) is 9.59 Å². The summed E-state index contributed by atoms with van der Waals surface area (Å²) in [5.74, 6) is 1.91. The fourth-order valence-corrected chi connectivity index (χ4v) is 3.75. The van der Waals surface area contributed by atoms with Crippen LogP contribution in [-0.4, -0.2) is 75.1 Å². The first kappa shape index (κ1) is 19.5. The molecule has 0 saturated carbocycles. The Bertz CT molecular complexity index is 665. The summed E-state index contributed by atoms with van der Waals surface area (Å²) < 4.78 is 10.5. The smallest absolute Gasteiger partial charge is 0.257 e. The number of amides is 2. The number of ether oxygens (including phenoxy) is 2. The summed E-state index contributed by atoms with van der Waals surface area (Å²) in [6.45, 7) is 4.36. The second-order valence-electron chi connectivity index (χ2n) is 7.14. The maximum Gasteiger partial charge on any atom is 0.257 e. The van der Waals surface area contributed by atoms with Crippen LogP contribution in [0.2, 0.25) is 0 Å². The van der Waals surface area contributed by atoms with E-state index in [2.05, 4.69) is 5.32 Å². The first-order valence-electron chi connectivity index (χ1n) is 9.62. The van der Waals surface area contributed by atoms with E-state index < -0.39 is 0 Å². The second-order valence-corrected chi connectivity index (χ2v) is 7.14. The predicted molar refractivity (Wildman–Crippen MR) is 102 cm³/mol. The highest BCUT2D eigenvalue weighted by atomic mass is 16.5. The molecule has 1 atom stereocenters. The average Bonchev–Trinajstić information content (AvgIpc) is 3.24. The van der Waals surface area contributed by atoms with Crippen LogP contribution < -0.4 is 14.8 Å². The first-order chi connectivity index (χ1) is 13.1. The van der Waals surface area contributed by atoms with Gasteiger partial charge in [0, 0.05) is 38.7 Å². The van der Waals surface area contributed by atoms with Crippen molar-refractivity contribution in [1.82, 2.24) is 15.1 Å². The van der Waals surface area contributed by atoms with Gasteiger partial charge in [0.15, 0.2) is 0 Å². The summed E-state index contributed by atoms with van der Waals surface area (Å²) in [6.07, 6.45) is 2.72. The molecule has 0 aromatic heterocycles. The number of nitrogens with one attached hydrogen (secondary N) is 1. The maximum atomic E-state index is 12.8. The van der Waals surface area contributed by atoms with Crippen molar-refractivity contribution in [2.75, 3.05) is 53.5 Å². The number of hydrogen-bond donors (Lipinski definition) is 1. The molecule has 2 amide bonds. The summed E-state index contributed by atoms with van der Waals surface area (Å²) in [6, 6.07) is 5.20. The minimum absolute atomic E-state index is 0.0707. The highest BCUT2D eigenvalue weighted by Crippen LogP contribution is 2.26. The molecule has 1 aromatic rings. The number of benzene rings is 1. The van der Waals surface area contributed by atoms with Crippen LogP contribution in [0.3, 0.4) is 0 Å². The molecule has 2 aliphatic heterocycles. The lowest BCUT2D eigenvalue weighted by molar-refractivity contribution is -0.132. The van der Waals surface area contributed by atoms with Crippen molar-refractivity contribution in [1.29, 1.82) is 0 Å². The Kier molecular flexibility index (Phi) is 6.55. The van der Waals surface area contributed by atoms with Crippen molar-refractivity contribution in [3.8, 4) is 11.5 Å². The lowest BCUT2D eigenvalue weighted by atomic mass is 10.0. The van der Waals surface area contributed by atoms with Crippen LogP contribution in [-0.2, 0) is 4.79 Å². The van der Waals surface area contributed by atoms with Crippen molar-refractivity contribution in [2.45, 2.75) is 19.3 Å². The predicted octanol–water partition coefficient (Wildman–Crippen LogP) is 1.38. The van der Waals surface area contributed by atoms with Crippen LogP contribution in [0.5, 0.6) is 11.5 Å². The second kappa shape index (κ2) is 9.08. The number of methoxy groups -OCH3 is 2. The number of hydrogen-bond acceptors (Lipinski definition) is 5. The summed E-state index contributed by atoms with van der Waals surface area (Å²) in [5, 5.41) is 3.34. The monoisotopic (exact) mass is 375 g/mol. The van der Waals surface area contributed by atoms with Crippen LogP contribution >= 0.6 is 0 Å². The minimum atomic E-state index is -0.0707. The molecule has 148 valence electrons. The summed E-state index contributed by atoms with van der Waals surface area (Å²) in [7, 11) is 3.12. The molecule has 0 spiro atoms. The van der Waals surface area contributed by atoms with Crippen LogP contribution in [0.15, 0.2) is 18.2 Å². The molecule has 7 heteroatoms. The van der Waals surface area contributed by atoms with Gasteiger partial charge in [0.1, 0.15) is 11.5 Å². The van der Waals surface area contributed by atoms with Crippen LogP contribution in [0.4, 0.5) is 0 Å². The molecule has 0 radical (unpaired) electrons. The Hall–Kier alpha value is -2.28. The Morgan fingerprint density at radius 1 is 1.11 bits per heavy atom. The van der Waals surface area contributed by atoms with E-state index in [4.69, 9.17) is 9.47 Å². The first-order valence-corrected chi connectivity index (χ1v) is 9.62. The van der Waals surface area contributed by atoms with E-state index in [1.807, 2.05) is 4.90 Å². The van der Waals surface area contributed by atoms with Gasteiger partial charge in [-0.3, -0.25) is 9.59 Å². The lowest BCUT2D eigenvalue weighted by Gasteiger charge is -2.35. The molecule has 1 unspecified atom stereocenters. The van der Waals surface area contributed by atoms with Crippen molar-refractivity contribution < 1.29 is 19.1 Å². The van der Waals surface area contributed by atoms with Crippen molar-refractivity contribution in [3.05, 3.63) is 23.8 Å². The molecule has 2 saturated heterocycles. The Balaban J connectivity index is 1.52. The van der Waals surface area contributed by atoms with E-state index in [0.29, 0.717) is 55.6 Å². The third kappa shape index (κ3) is 4.71. The number of carbonyl (C=O) groups is 2. The largest absolute Gasteiger partial charge is 0.497 e. The van der Waals surface area contributed by atoms with E-state index in [1.165, 1.54) is 6.42 Å². The van der Waals surface area contributed by atoms with Gasteiger partial charge in [0.2, 0.25) is 5.91 Å². The molecule has 7 nitrogen and oxygen atoms in total. The van der Waals surface area contributed by atoms with Gasteiger partial charge in [-0.1, -0.05) is 0 Å². The summed E-state index contributed by atoms with van der Waals surface area (Å²) in [4.78, 5) is 29.0. The van der Waals surface area contributed by atoms with Gasteiger partial charge < -0.3 is 24.6 Å². The van der Waals surface area contributed by atoms with Crippen LogP contribution in [0.25, 0.3) is 0 Å². The molecule has 2 aliphatic rings. The third-order valence-corrected chi connectivity index (χ3v) is 5.49. The van der Waals surface area contributed by atoms with Crippen LogP contribution in [0.1, 0.15) is 29.6 Å². The maximum absolute atomic E-state index is 12.8. The van der Waals surface area contributed by atoms with Crippen LogP contribution in [0, 0.1) is 5.92 Å². The number of rotatable bonds is 6. The minimum Gasteiger partial charge on any atom is -0.497 e. The molecule has 0 bridgehead atoms. The zero-order valence-electron chi connectivity index (χ0n) is 16.2. The van der Waals surface area contributed by atoms with Gasteiger partial charge in [-0.05, 0) is 44.0 Å². The van der Waals surface area contributed by atoms with E-state index in [-0.39, 0.29) is 11.8 Å². The van der Waals surface area contributed by atoms with E-state index in [0.717, 1.165) is 19.5 Å². The van der Waals surface area contributed by atoms with Gasteiger partial charge in [0.25, 0.3) is 5.91 Å². The normalized spacial score (nSPS) is 19.9. The van der Waals surface area contributed by atoms with Gasteiger partial charge in [-0.2, -0.15) is 0 Å². The molecule has 1 N–H and O–H groups in total.